The summed E-state index contributed by atoms with van der Waals surface area (Å²) in [7, 11) is 0. The maximum absolute atomic E-state index is 7.09. The molecule has 276 valence electrons. The summed E-state index contributed by atoms with van der Waals surface area (Å²) in [6.07, 6.45) is 12.4. The van der Waals surface area contributed by atoms with Gasteiger partial charge < -0.3 is 9.64 Å². The van der Waals surface area contributed by atoms with E-state index in [9.17, 15) is 0 Å². The fourth-order valence-corrected chi connectivity index (χ4v) is 9.33. The molecule has 0 N–H and O–H groups in total. The molecule has 0 atom stereocenters. The van der Waals surface area contributed by atoms with Crippen molar-refractivity contribution in [2.75, 3.05) is 4.90 Å². The minimum absolute atomic E-state index is 0.00963. The highest BCUT2D eigenvalue weighted by Gasteiger charge is 2.49. The molecule has 0 saturated heterocycles. The molecule has 5 heteroatoms. The standard InChI is InChI=1S/C49H57B2NOS/c1-13-49(11,12)32-21-23-40-37(24-32)51-38-25-33(48(8,9)10)27-43-45(38)50(36-22-20-31(47(5,6)7)26-42(36)53-43)39-28-35(54)29-41(44(39)51)52(40)34-18-14-16-30(17-15-19-34)46(2,3)4/h14,16-17,19-29,54H,13,15,18H2,1-12H3/b16-14-,30-17+,34-19+. The number of rotatable bonds is 3. The van der Waals surface area contributed by atoms with Crippen molar-refractivity contribution in [3.05, 3.63) is 113 Å². The number of allylic oxidation sites excluding steroid dienone is 5. The molecular formula is C49H57B2NOS. The van der Waals surface area contributed by atoms with E-state index < -0.39 is 0 Å². The first-order valence-electron chi connectivity index (χ1n) is 20.2. The lowest BCUT2D eigenvalue weighted by atomic mass is 9.19. The van der Waals surface area contributed by atoms with Crippen LogP contribution in [0.1, 0.15) is 119 Å². The van der Waals surface area contributed by atoms with Crippen molar-refractivity contribution < 1.29 is 4.74 Å². The molecule has 0 amide bonds. The predicted molar refractivity (Wildman–Crippen MR) is 239 cm³/mol. The highest BCUT2D eigenvalue weighted by atomic mass is 32.1. The molecule has 0 aromatic heterocycles. The zero-order valence-corrected chi connectivity index (χ0v) is 35.6. The van der Waals surface area contributed by atoms with Crippen LogP contribution < -0.4 is 42.4 Å². The Bertz CT molecular complexity index is 2310. The number of benzene rings is 4. The number of anilines is 2. The molecule has 4 aromatic carbocycles. The van der Waals surface area contributed by atoms with Gasteiger partial charge in [0.15, 0.2) is 0 Å². The first-order chi connectivity index (χ1) is 25.3. The first-order valence-corrected chi connectivity index (χ1v) is 20.6. The predicted octanol–water partition coefficient (Wildman–Crippen LogP) is 9.37. The van der Waals surface area contributed by atoms with E-state index >= 15 is 0 Å². The maximum Gasteiger partial charge on any atom is 0.249 e. The van der Waals surface area contributed by atoms with Crippen LogP contribution in [0, 0.1) is 5.41 Å². The van der Waals surface area contributed by atoms with Crippen LogP contribution in [0.4, 0.5) is 11.4 Å². The van der Waals surface area contributed by atoms with Gasteiger partial charge in [-0.1, -0.05) is 155 Å². The molecule has 0 bridgehead atoms. The van der Waals surface area contributed by atoms with Crippen LogP contribution in [0.5, 0.6) is 11.5 Å². The number of nitrogens with zero attached hydrogens (tertiary/aromatic N) is 1. The van der Waals surface area contributed by atoms with E-state index in [4.69, 9.17) is 17.4 Å². The third-order valence-corrected chi connectivity index (χ3v) is 13.0. The number of hydrogen-bond donors (Lipinski definition) is 1. The lowest BCUT2D eigenvalue weighted by Crippen LogP contribution is -2.77. The molecule has 2 nitrogen and oxygen atoms in total. The van der Waals surface area contributed by atoms with Crippen LogP contribution in [-0.2, 0) is 16.2 Å². The van der Waals surface area contributed by atoms with Crippen molar-refractivity contribution >= 4 is 70.2 Å². The van der Waals surface area contributed by atoms with Crippen LogP contribution in [0.15, 0.2) is 101 Å². The molecule has 0 radical (unpaired) electrons. The lowest BCUT2D eigenvalue weighted by Gasteiger charge is -2.45. The molecule has 0 fully saturated rings. The van der Waals surface area contributed by atoms with E-state index in [0.717, 1.165) is 35.7 Å². The zero-order valence-electron chi connectivity index (χ0n) is 34.7. The summed E-state index contributed by atoms with van der Waals surface area (Å²) < 4.78 is 7.09. The summed E-state index contributed by atoms with van der Waals surface area (Å²) in [6.45, 7) is 28.0. The van der Waals surface area contributed by atoms with Gasteiger partial charge in [-0.25, -0.2) is 0 Å². The molecule has 0 spiro atoms. The van der Waals surface area contributed by atoms with Gasteiger partial charge in [0.1, 0.15) is 11.5 Å². The highest BCUT2D eigenvalue weighted by molar-refractivity contribution is 7.80. The van der Waals surface area contributed by atoms with Crippen molar-refractivity contribution in [1.82, 2.24) is 0 Å². The SMILES string of the molecule is CCC(C)(C)c1ccc2c(c1)B1c3cc(C(C)(C)C)cc4c3B(c3ccc(C(C)(C)C)cc3O4)c3cc(S)cc(c31)N2/C1=C/C/C=C(C(C)(C)C)\C=C/C1. The molecule has 1 aliphatic carbocycles. The van der Waals surface area contributed by atoms with Crippen molar-refractivity contribution in [2.45, 2.75) is 123 Å². The second-order valence-electron chi connectivity index (χ2n) is 20.0. The molecule has 4 aliphatic rings. The van der Waals surface area contributed by atoms with Crippen molar-refractivity contribution in [1.29, 1.82) is 0 Å². The molecule has 0 unspecified atom stereocenters. The Balaban J connectivity index is 1.45. The Kier molecular flexibility index (Phi) is 8.66. The van der Waals surface area contributed by atoms with E-state index in [2.05, 4.69) is 173 Å². The number of ether oxygens (including phenoxy) is 1. The van der Waals surface area contributed by atoms with Gasteiger partial charge in [0.05, 0.1) is 0 Å². The summed E-state index contributed by atoms with van der Waals surface area (Å²) in [6, 6.07) is 23.9. The number of hydrogen-bond acceptors (Lipinski definition) is 3. The zero-order chi connectivity index (χ0) is 38.7. The molecular weight excluding hydrogens is 672 g/mol. The van der Waals surface area contributed by atoms with Crippen molar-refractivity contribution in [3.8, 4) is 11.5 Å². The molecule has 0 saturated carbocycles. The normalized spacial score (nSPS) is 18.9. The molecule has 4 aromatic rings. The van der Waals surface area contributed by atoms with E-state index in [1.54, 1.807) is 0 Å². The van der Waals surface area contributed by atoms with Crippen LogP contribution >= 0.6 is 12.6 Å². The van der Waals surface area contributed by atoms with Gasteiger partial charge in [-0.3, -0.25) is 0 Å². The number of thiol groups is 1. The molecule has 8 rings (SSSR count). The quantitative estimate of drug-likeness (QED) is 0.144. The van der Waals surface area contributed by atoms with E-state index in [1.165, 1.54) is 72.1 Å². The lowest BCUT2D eigenvalue weighted by molar-refractivity contribution is 0.480. The fraction of sp³-hybridized carbons (Fsp3) is 0.388. The first kappa shape index (κ1) is 37.1. The van der Waals surface area contributed by atoms with Gasteiger partial charge in [-0.2, -0.15) is 0 Å². The molecule has 3 heterocycles. The fourth-order valence-electron chi connectivity index (χ4n) is 9.07. The van der Waals surface area contributed by atoms with Crippen LogP contribution in [0.25, 0.3) is 0 Å². The summed E-state index contributed by atoms with van der Waals surface area (Å²) >= 11 is 5.19. The largest absolute Gasteiger partial charge is 0.458 e. The summed E-state index contributed by atoms with van der Waals surface area (Å²) in [5.41, 5.74) is 17.4. The Morgan fingerprint density at radius 3 is 1.96 bits per heavy atom. The van der Waals surface area contributed by atoms with Gasteiger partial charge in [-0.15, -0.1) is 12.6 Å². The van der Waals surface area contributed by atoms with Crippen molar-refractivity contribution in [3.63, 3.8) is 0 Å². The average molecular weight is 730 g/mol. The molecule has 54 heavy (non-hydrogen) atoms. The van der Waals surface area contributed by atoms with Gasteiger partial charge >= 0.3 is 0 Å². The topological polar surface area (TPSA) is 12.5 Å². The van der Waals surface area contributed by atoms with Gasteiger partial charge in [0, 0.05) is 28.4 Å². The van der Waals surface area contributed by atoms with Crippen LogP contribution in [0.3, 0.4) is 0 Å². The van der Waals surface area contributed by atoms with E-state index in [-0.39, 0.29) is 35.1 Å². The second-order valence-corrected chi connectivity index (χ2v) is 20.5. The smallest absolute Gasteiger partial charge is 0.249 e. The van der Waals surface area contributed by atoms with Crippen LogP contribution in [-0.4, -0.2) is 13.4 Å². The highest BCUT2D eigenvalue weighted by Crippen LogP contribution is 2.40. The van der Waals surface area contributed by atoms with Gasteiger partial charge in [-0.05, 0) is 103 Å². The van der Waals surface area contributed by atoms with E-state index in [0.29, 0.717) is 0 Å². The summed E-state index contributed by atoms with van der Waals surface area (Å²) in [5, 5.41) is 0. The van der Waals surface area contributed by atoms with Crippen molar-refractivity contribution in [2.24, 2.45) is 5.41 Å². The molecule has 3 aliphatic heterocycles. The minimum atomic E-state index is -0.0546. The van der Waals surface area contributed by atoms with Gasteiger partial charge in [0.2, 0.25) is 13.4 Å². The monoisotopic (exact) mass is 729 g/mol. The van der Waals surface area contributed by atoms with Gasteiger partial charge in [0.25, 0.3) is 0 Å². The third-order valence-electron chi connectivity index (χ3n) is 12.8. The average Bonchev–Trinajstić information content (AvgIpc) is 3.07. The van der Waals surface area contributed by atoms with Crippen LogP contribution in [0.2, 0.25) is 0 Å². The Labute approximate surface area is 331 Å². The third kappa shape index (κ3) is 6.05. The Morgan fingerprint density at radius 2 is 1.28 bits per heavy atom. The Hall–Kier alpha value is -3.82. The summed E-state index contributed by atoms with van der Waals surface area (Å²) in [4.78, 5) is 3.59. The minimum Gasteiger partial charge on any atom is -0.458 e. The maximum atomic E-state index is 7.09. The second kappa shape index (κ2) is 12.6. The summed E-state index contributed by atoms with van der Waals surface area (Å²) in [5.74, 6) is 1.98. The Morgan fingerprint density at radius 1 is 0.630 bits per heavy atom. The number of fused-ring (bicyclic) bond motifs is 6. The van der Waals surface area contributed by atoms with E-state index in [1.807, 2.05) is 0 Å².